The van der Waals surface area contributed by atoms with Crippen LogP contribution in [0.3, 0.4) is 0 Å². The molecule has 5 heteroatoms. The highest BCUT2D eigenvalue weighted by molar-refractivity contribution is 6.21. The van der Waals surface area contributed by atoms with Gasteiger partial charge in [-0.3, -0.25) is 9.59 Å². The number of hydrogen-bond donors (Lipinski definition) is 2. The molecule has 0 spiro atoms. The van der Waals surface area contributed by atoms with Crippen LogP contribution in [0.4, 0.5) is 0 Å². The average Bonchev–Trinajstić information content (AvgIpc) is 3.13. The largest absolute Gasteiger partial charge is 0.316 e. The zero-order chi connectivity index (χ0) is 12.0. The minimum atomic E-state index is -0.632. The molecule has 1 aromatic carbocycles. The van der Waals surface area contributed by atoms with Gasteiger partial charge in [0.05, 0.1) is 16.4 Å². The number of aromatic nitrogens is 2. The SMILES string of the molecule is O=c1[nH]c2ccc(C(Cl)C3CC3)cc2[nH]c1=O. The van der Waals surface area contributed by atoms with Crippen molar-refractivity contribution >= 4 is 22.6 Å². The van der Waals surface area contributed by atoms with Gasteiger partial charge in [-0.2, -0.15) is 0 Å². The molecule has 3 rings (SSSR count). The van der Waals surface area contributed by atoms with Gasteiger partial charge in [0.25, 0.3) is 0 Å². The van der Waals surface area contributed by atoms with Crippen LogP contribution in [-0.4, -0.2) is 9.97 Å². The zero-order valence-electron chi connectivity index (χ0n) is 9.00. The average molecular weight is 251 g/mol. The molecule has 1 fully saturated rings. The fraction of sp³-hybridized carbons (Fsp3) is 0.333. The molecule has 2 aromatic rings. The number of alkyl halides is 1. The third kappa shape index (κ3) is 1.89. The van der Waals surface area contributed by atoms with Crippen molar-refractivity contribution in [2.24, 2.45) is 5.92 Å². The van der Waals surface area contributed by atoms with E-state index < -0.39 is 11.1 Å². The Hall–Kier alpha value is -1.55. The number of rotatable bonds is 2. The third-order valence-electron chi connectivity index (χ3n) is 3.10. The molecule has 1 saturated carbocycles. The summed E-state index contributed by atoms with van der Waals surface area (Å²) in [5.74, 6) is 0.545. The summed E-state index contributed by atoms with van der Waals surface area (Å²) in [6.07, 6.45) is 2.32. The molecule has 0 saturated heterocycles. The Bertz CT molecular complexity index is 685. The number of fused-ring (bicyclic) bond motifs is 1. The van der Waals surface area contributed by atoms with E-state index in [1.165, 1.54) is 0 Å². The summed E-state index contributed by atoms with van der Waals surface area (Å²) < 4.78 is 0. The molecule has 1 heterocycles. The van der Waals surface area contributed by atoms with Gasteiger partial charge in [-0.05, 0) is 36.5 Å². The van der Waals surface area contributed by atoms with Crippen LogP contribution in [0.15, 0.2) is 27.8 Å². The Morgan fingerprint density at radius 2 is 1.76 bits per heavy atom. The van der Waals surface area contributed by atoms with E-state index in [2.05, 4.69) is 9.97 Å². The minimum absolute atomic E-state index is 0.00479. The van der Waals surface area contributed by atoms with Gasteiger partial charge in [-0.1, -0.05) is 6.07 Å². The summed E-state index contributed by atoms with van der Waals surface area (Å²) in [5, 5.41) is -0.00479. The topological polar surface area (TPSA) is 65.7 Å². The number of benzene rings is 1. The van der Waals surface area contributed by atoms with Gasteiger partial charge in [-0.25, -0.2) is 0 Å². The Morgan fingerprint density at radius 3 is 2.41 bits per heavy atom. The second-order valence-corrected chi connectivity index (χ2v) is 4.92. The monoisotopic (exact) mass is 250 g/mol. The van der Waals surface area contributed by atoms with Crippen molar-refractivity contribution in [3.05, 3.63) is 44.5 Å². The fourth-order valence-electron chi connectivity index (χ4n) is 1.97. The number of H-pyrrole nitrogens is 2. The summed E-state index contributed by atoms with van der Waals surface area (Å²) in [4.78, 5) is 27.5. The molecule has 17 heavy (non-hydrogen) atoms. The van der Waals surface area contributed by atoms with E-state index in [-0.39, 0.29) is 5.38 Å². The highest BCUT2D eigenvalue weighted by Gasteiger charge is 2.30. The molecule has 1 unspecified atom stereocenters. The van der Waals surface area contributed by atoms with Crippen molar-refractivity contribution < 1.29 is 0 Å². The maximum absolute atomic E-state index is 11.2. The van der Waals surface area contributed by atoms with E-state index in [1.807, 2.05) is 12.1 Å². The van der Waals surface area contributed by atoms with Crippen molar-refractivity contribution in [3.8, 4) is 0 Å². The normalized spacial score (nSPS) is 17.2. The van der Waals surface area contributed by atoms with Gasteiger partial charge >= 0.3 is 11.1 Å². The quantitative estimate of drug-likeness (QED) is 0.632. The van der Waals surface area contributed by atoms with E-state index >= 15 is 0 Å². The molecule has 1 aromatic heterocycles. The van der Waals surface area contributed by atoms with Crippen LogP contribution in [0.1, 0.15) is 23.8 Å². The maximum atomic E-state index is 11.2. The van der Waals surface area contributed by atoms with Crippen molar-refractivity contribution in [3.63, 3.8) is 0 Å². The predicted octanol–water partition coefficient (Wildman–Crippen LogP) is 1.91. The standard InChI is InChI=1S/C12H11ClN2O2/c13-10(6-1-2-6)7-3-4-8-9(5-7)15-12(17)11(16)14-8/h3-6,10H,1-2H2,(H,14,16)(H,15,17). The van der Waals surface area contributed by atoms with Gasteiger partial charge in [0.1, 0.15) is 0 Å². The summed E-state index contributed by atoms with van der Waals surface area (Å²) in [7, 11) is 0. The maximum Gasteiger partial charge on any atom is 0.314 e. The lowest BCUT2D eigenvalue weighted by Crippen LogP contribution is -2.28. The molecule has 0 aliphatic heterocycles. The molecular formula is C12H11ClN2O2. The van der Waals surface area contributed by atoms with Crippen LogP contribution in [0, 0.1) is 5.92 Å². The minimum Gasteiger partial charge on any atom is -0.316 e. The first-order chi connectivity index (χ1) is 8.15. The van der Waals surface area contributed by atoms with Gasteiger partial charge in [0.2, 0.25) is 0 Å². The van der Waals surface area contributed by atoms with Gasteiger partial charge < -0.3 is 9.97 Å². The summed E-state index contributed by atoms with van der Waals surface area (Å²) in [6.45, 7) is 0. The first kappa shape index (κ1) is 10.6. The van der Waals surface area contributed by atoms with Crippen LogP contribution in [-0.2, 0) is 0 Å². The Morgan fingerprint density at radius 1 is 1.12 bits per heavy atom. The molecular weight excluding hydrogens is 240 g/mol. The number of halogens is 1. The highest BCUT2D eigenvalue weighted by Crippen LogP contribution is 2.45. The molecule has 1 aliphatic rings. The van der Waals surface area contributed by atoms with E-state index in [9.17, 15) is 9.59 Å². The molecule has 0 radical (unpaired) electrons. The van der Waals surface area contributed by atoms with Crippen LogP contribution >= 0.6 is 11.6 Å². The number of aromatic amines is 2. The fourth-order valence-corrected chi connectivity index (χ4v) is 2.35. The molecule has 0 bridgehead atoms. The van der Waals surface area contributed by atoms with Crippen LogP contribution in [0.2, 0.25) is 0 Å². The van der Waals surface area contributed by atoms with E-state index in [1.54, 1.807) is 6.07 Å². The van der Waals surface area contributed by atoms with E-state index in [0.29, 0.717) is 17.0 Å². The first-order valence-electron chi connectivity index (χ1n) is 5.55. The molecule has 2 N–H and O–H groups in total. The predicted molar refractivity (Wildman–Crippen MR) is 66.5 cm³/mol. The van der Waals surface area contributed by atoms with Crippen LogP contribution in [0.25, 0.3) is 11.0 Å². The van der Waals surface area contributed by atoms with Crippen molar-refractivity contribution in [2.45, 2.75) is 18.2 Å². The number of nitrogens with one attached hydrogen (secondary N) is 2. The molecule has 0 amide bonds. The lowest BCUT2D eigenvalue weighted by atomic mass is 10.1. The lowest BCUT2D eigenvalue weighted by Gasteiger charge is -2.08. The number of hydrogen-bond acceptors (Lipinski definition) is 2. The summed E-state index contributed by atoms with van der Waals surface area (Å²) >= 11 is 6.31. The smallest absolute Gasteiger partial charge is 0.314 e. The second-order valence-electron chi connectivity index (χ2n) is 4.45. The molecule has 88 valence electrons. The van der Waals surface area contributed by atoms with E-state index in [4.69, 9.17) is 11.6 Å². The van der Waals surface area contributed by atoms with Crippen molar-refractivity contribution in [1.29, 1.82) is 0 Å². The molecule has 4 nitrogen and oxygen atoms in total. The second kappa shape index (κ2) is 3.74. The van der Waals surface area contributed by atoms with Gasteiger partial charge in [-0.15, -0.1) is 11.6 Å². The van der Waals surface area contributed by atoms with Crippen molar-refractivity contribution in [2.75, 3.05) is 0 Å². The lowest BCUT2D eigenvalue weighted by molar-refractivity contribution is 0.798. The third-order valence-corrected chi connectivity index (χ3v) is 3.71. The van der Waals surface area contributed by atoms with Crippen LogP contribution in [0.5, 0.6) is 0 Å². The molecule has 1 aliphatic carbocycles. The van der Waals surface area contributed by atoms with E-state index in [0.717, 1.165) is 18.4 Å². The summed E-state index contributed by atoms with van der Waals surface area (Å²) in [5.41, 5.74) is 0.975. The van der Waals surface area contributed by atoms with Crippen LogP contribution < -0.4 is 11.1 Å². The highest BCUT2D eigenvalue weighted by atomic mass is 35.5. The summed E-state index contributed by atoms with van der Waals surface area (Å²) in [6, 6.07) is 5.51. The first-order valence-corrected chi connectivity index (χ1v) is 5.99. The Balaban J connectivity index is 2.14. The Kier molecular flexibility index (Phi) is 2.33. The molecule has 1 atom stereocenters. The van der Waals surface area contributed by atoms with Gasteiger partial charge in [0, 0.05) is 0 Å². The van der Waals surface area contributed by atoms with Gasteiger partial charge in [0.15, 0.2) is 0 Å². The zero-order valence-corrected chi connectivity index (χ0v) is 9.75. The van der Waals surface area contributed by atoms with Crippen molar-refractivity contribution in [1.82, 2.24) is 9.97 Å². The Labute approximate surface area is 102 Å².